The summed E-state index contributed by atoms with van der Waals surface area (Å²) in [5, 5.41) is 3.43. The molecule has 0 amide bonds. The van der Waals surface area contributed by atoms with E-state index in [-0.39, 0.29) is 5.54 Å². The number of nitrogens with one attached hydrogen (secondary N) is 1. The van der Waals surface area contributed by atoms with E-state index in [0.717, 1.165) is 29.8 Å². The van der Waals surface area contributed by atoms with Crippen LogP contribution in [0.3, 0.4) is 0 Å². The molecule has 0 spiro atoms. The number of hydrogen-bond acceptors (Lipinski definition) is 2. The summed E-state index contributed by atoms with van der Waals surface area (Å²) in [6, 6.07) is 7.93. The lowest BCUT2D eigenvalue weighted by Gasteiger charge is -2.20. The highest BCUT2D eigenvalue weighted by atomic mass is 79.9. The van der Waals surface area contributed by atoms with Crippen molar-refractivity contribution in [1.82, 2.24) is 5.32 Å². The van der Waals surface area contributed by atoms with Crippen molar-refractivity contribution in [3.63, 3.8) is 0 Å². The van der Waals surface area contributed by atoms with E-state index < -0.39 is 0 Å². The first-order chi connectivity index (χ1) is 7.47. The molecule has 0 atom stereocenters. The predicted octanol–water partition coefficient (Wildman–Crippen LogP) is 3.61. The van der Waals surface area contributed by atoms with Crippen molar-refractivity contribution in [1.29, 1.82) is 0 Å². The fourth-order valence-corrected chi connectivity index (χ4v) is 1.66. The van der Waals surface area contributed by atoms with Gasteiger partial charge in [0.15, 0.2) is 0 Å². The normalized spacial score (nSPS) is 11.5. The topological polar surface area (TPSA) is 21.3 Å². The summed E-state index contributed by atoms with van der Waals surface area (Å²) in [5.41, 5.74) is 0.190. The van der Waals surface area contributed by atoms with Crippen LogP contribution in [0, 0.1) is 0 Å². The van der Waals surface area contributed by atoms with Gasteiger partial charge in [0, 0.05) is 10.0 Å². The van der Waals surface area contributed by atoms with E-state index >= 15 is 0 Å². The molecule has 1 aromatic carbocycles. The van der Waals surface area contributed by atoms with Gasteiger partial charge in [-0.3, -0.25) is 0 Å². The molecule has 3 heteroatoms. The Labute approximate surface area is 107 Å². The Bertz CT molecular complexity index is 320. The third-order valence-corrected chi connectivity index (χ3v) is 2.53. The van der Waals surface area contributed by atoms with Gasteiger partial charge in [0.2, 0.25) is 0 Å². The van der Waals surface area contributed by atoms with Gasteiger partial charge in [-0.05, 0) is 51.9 Å². The van der Waals surface area contributed by atoms with Gasteiger partial charge in [0.05, 0.1) is 6.61 Å². The van der Waals surface area contributed by atoms with Crippen LogP contribution in [-0.4, -0.2) is 18.7 Å². The fourth-order valence-electron chi connectivity index (χ4n) is 1.28. The van der Waals surface area contributed by atoms with Gasteiger partial charge in [0.1, 0.15) is 5.75 Å². The average molecular weight is 286 g/mol. The standard InChI is InChI=1S/C13H20BrNO/c1-13(2,3)15-8-5-9-16-12-7-4-6-11(14)10-12/h4,6-7,10,15H,5,8-9H2,1-3H3. The van der Waals surface area contributed by atoms with Crippen LogP contribution < -0.4 is 10.1 Å². The zero-order valence-electron chi connectivity index (χ0n) is 10.2. The number of ether oxygens (including phenoxy) is 1. The maximum atomic E-state index is 5.63. The number of halogens is 1. The largest absolute Gasteiger partial charge is 0.494 e. The molecule has 0 unspecified atom stereocenters. The van der Waals surface area contributed by atoms with Crippen LogP contribution in [0.15, 0.2) is 28.7 Å². The minimum atomic E-state index is 0.190. The van der Waals surface area contributed by atoms with Crippen molar-refractivity contribution in [2.45, 2.75) is 32.7 Å². The summed E-state index contributed by atoms with van der Waals surface area (Å²) in [6.45, 7) is 8.24. The van der Waals surface area contributed by atoms with E-state index in [1.54, 1.807) is 0 Å². The molecule has 0 aromatic heterocycles. The first-order valence-corrected chi connectivity index (χ1v) is 6.40. The summed E-state index contributed by atoms with van der Waals surface area (Å²) in [5.74, 6) is 0.921. The van der Waals surface area contributed by atoms with Crippen molar-refractivity contribution in [3.8, 4) is 5.75 Å². The van der Waals surface area contributed by atoms with Crippen molar-refractivity contribution >= 4 is 15.9 Å². The highest BCUT2D eigenvalue weighted by molar-refractivity contribution is 9.10. The lowest BCUT2D eigenvalue weighted by atomic mass is 10.1. The Kier molecular flexibility index (Phi) is 5.29. The second-order valence-corrected chi connectivity index (χ2v) is 5.75. The molecule has 0 aliphatic carbocycles. The Morgan fingerprint density at radius 1 is 1.31 bits per heavy atom. The third-order valence-electron chi connectivity index (χ3n) is 2.04. The third kappa shape index (κ3) is 6.13. The summed E-state index contributed by atoms with van der Waals surface area (Å²) in [4.78, 5) is 0. The monoisotopic (exact) mass is 285 g/mol. The van der Waals surface area contributed by atoms with Crippen LogP contribution in [0.5, 0.6) is 5.75 Å². The number of rotatable bonds is 5. The van der Waals surface area contributed by atoms with E-state index in [0.29, 0.717) is 0 Å². The minimum absolute atomic E-state index is 0.190. The molecule has 1 N–H and O–H groups in total. The molecule has 0 aliphatic heterocycles. The van der Waals surface area contributed by atoms with Crippen LogP contribution in [0.1, 0.15) is 27.2 Å². The zero-order valence-corrected chi connectivity index (χ0v) is 11.8. The van der Waals surface area contributed by atoms with E-state index in [4.69, 9.17) is 4.74 Å². The van der Waals surface area contributed by atoms with Crippen LogP contribution in [0.4, 0.5) is 0 Å². The smallest absolute Gasteiger partial charge is 0.120 e. The Morgan fingerprint density at radius 2 is 2.06 bits per heavy atom. The summed E-state index contributed by atoms with van der Waals surface area (Å²) < 4.78 is 6.69. The molecule has 0 bridgehead atoms. The lowest BCUT2D eigenvalue weighted by molar-refractivity contribution is 0.298. The molecule has 0 heterocycles. The maximum Gasteiger partial charge on any atom is 0.120 e. The van der Waals surface area contributed by atoms with Crippen LogP contribution in [0.25, 0.3) is 0 Å². The Morgan fingerprint density at radius 3 is 2.69 bits per heavy atom. The van der Waals surface area contributed by atoms with Gasteiger partial charge in [-0.2, -0.15) is 0 Å². The Balaban J connectivity index is 2.17. The van der Waals surface area contributed by atoms with Gasteiger partial charge >= 0.3 is 0 Å². The molecule has 0 fully saturated rings. The van der Waals surface area contributed by atoms with E-state index in [1.165, 1.54) is 0 Å². The average Bonchev–Trinajstić information content (AvgIpc) is 2.15. The highest BCUT2D eigenvalue weighted by Gasteiger charge is 2.06. The summed E-state index contributed by atoms with van der Waals surface area (Å²) in [7, 11) is 0. The molecule has 0 saturated heterocycles. The molecule has 1 rings (SSSR count). The molecule has 90 valence electrons. The first kappa shape index (κ1) is 13.5. The van der Waals surface area contributed by atoms with Crippen molar-refractivity contribution in [2.75, 3.05) is 13.2 Å². The molecule has 1 aromatic rings. The van der Waals surface area contributed by atoms with Crippen molar-refractivity contribution in [2.24, 2.45) is 0 Å². The molecule has 0 radical (unpaired) electrons. The predicted molar refractivity (Wildman–Crippen MR) is 72.0 cm³/mol. The second-order valence-electron chi connectivity index (χ2n) is 4.84. The molecule has 16 heavy (non-hydrogen) atoms. The molecular weight excluding hydrogens is 266 g/mol. The van der Waals surface area contributed by atoms with Gasteiger partial charge in [-0.1, -0.05) is 22.0 Å². The van der Waals surface area contributed by atoms with Gasteiger partial charge < -0.3 is 10.1 Å². The second kappa shape index (κ2) is 6.26. The lowest BCUT2D eigenvalue weighted by Crippen LogP contribution is -2.36. The van der Waals surface area contributed by atoms with Gasteiger partial charge in [-0.15, -0.1) is 0 Å². The highest BCUT2D eigenvalue weighted by Crippen LogP contribution is 2.17. The van der Waals surface area contributed by atoms with Crippen molar-refractivity contribution in [3.05, 3.63) is 28.7 Å². The molecule has 0 aliphatic rings. The van der Waals surface area contributed by atoms with Gasteiger partial charge in [0.25, 0.3) is 0 Å². The van der Waals surface area contributed by atoms with Crippen molar-refractivity contribution < 1.29 is 4.74 Å². The minimum Gasteiger partial charge on any atom is -0.494 e. The summed E-state index contributed by atoms with van der Waals surface area (Å²) in [6.07, 6.45) is 1.02. The molecule has 0 saturated carbocycles. The SMILES string of the molecule is CC(C)(C)NCCCOc1cccc(Br)c1. The van der Waals surface area contributed by atoms with Crippen LogP contribution >= 0.6 is 15.9 Å². The van der Waals surface area contributed by atoms with Crippen LogP contribution in [0.2, 0.25) is 0 Å². The molecular formula is C13H20BrNO. The van der Waals surface area contributed by atoms with Gasteiger partial charge in [-0.25, -0.2) is 0 Å². The van der Waals surface area contributed by atoms with E-state index in [9.17, 15) is 0 Å². The fraction of sp³-hybridized carbons (Fsp3) is 0.538. The summed E-state index contributed by atoms with van der Waals surface area (Å²) >= 11 is 3.42. The zero-order chi connectivity index (χ0) is 12.0. The molecule has 2 nitrogen and oxygen atoms in total. The quantitative estimate of drug-likeness (QED) is 0.835. The Hall–Kier alpha value is -0.540. The number of hydrogen-bond donors (Lipinski definition) is 1. The number of benzene rings is 1. The van der Waals surface area contributed by atoms with Crippen LogP contribution in [-0.2, 0) is 0 Å². The maximum absolute atomic E-state index is 5.63. The van der Waals surface area contributed by atoms with E-state index in [1.807, 2.05) is 24.3 Å². The van der Waals surface area contributed by atoms with E-state index in [2.05, 4.69) is 42.0 Å². The first-order valence-electron chi connectivity index (χ1n) is 5.61.